The van der Waals surface area contributed by atoms with E-state index in [9.17, 15) is 12.6 Å². The third kappa shape index (κ3) is 12.0. The minimum absolute atomic E-state index is 0.151. The lowest BCUT2D eigenvalue weighted by molar-refractivity contribution is 0.282. The minimum Gasteiger partial charge on any atom is -0.291 e. The summed E-state index contributed by atoms with van der Waals surface area (Å²) < 4.78 is 40.6. The zero-order valence-electron chi connectivity index (χ0n) is 7.69. The maximum atomic E-state index is 10.5. The molecule has 0 bridgehead atoms. The summed E-state index contributed by atoms with van der Waals surface area (Å²) in [6, 6.07) is 0. The number of unbranched alkanes of at least 4 members (excludes halogenated alkanes) is 1. The molecule has 0 N–H and O–H groups in total. The second kappa shape index (κ2) is 6.47. The Kier molecular flexibility index (Phi) is 6.48. The molecule has 0 amide bonds. The van der Waals surface area contributed by atoms with Crippen molar-refractivity contribution in [1.82, 2.24) is 0 Å². The van der Waals surface area contributed by atoms with Gasteiger partial charge in [0.25, 0.3) is 10.1 Å². The Hall–Kier alpha value is 0.0200. The Bertz CT molecular complexity index is 246. The molecule has 13 heavy (non-hydrogen) atoms. The second-order valence-electron chi connectivity index (χ2n) is 2.46. The van der Waals surface area contributed by atoms with Crippen LogP contribution < -0.4 is 0 Å². The normalized spacial score (nSPS) is 14.3. The van der Waals surface area contributed by atoms with Crippen LogP contribution in [0.3, 0.4) is 0 Å². The smallest absolute Gasteiger partial charge is 0.264 e. The van der Waals surface area contributed by atoms with Crippen molar-refractivity contribution in [3.63, 3.8) is 0 Å². The van der Waals surface area contributed by atoms with Crippen molar-refractivity contribution >= 4 is 21.2 Å². The van der Waals surface area contributed by atoms with Crippen LogP contribution in [0, 0.1) is 0 Å². The van der Waals surface area contributed by atoms with E-state index in [0.29, 0.717) is 19.4 Å². The molecule has 0 aliphatic heterocycles. The fourth-order valence-electron chi connectivity index (χ4n) is 0.591. The molecule has 0 rings (SSSR count). The van der Waals surface area contributed by atoms with Crippen molar-refractivity contribution in [2.75, 3.05) is 25.7 Å². The summed E-state index contributed by atoms with van der Waals surface area (Å²) >= 11 is -1.25. The van der Waals surface area contributed by atoms with Crippen LogP contribution in [0.1, 0.15) is 12.8 Å². The molecular weight excluding hydrogens is 216 g/mol. The first-order chi connectivity index (χ1) is 5.92. The quantitative estimate of drug-likeness (QED) is 0.456. The van der Waals surface area contributed by atoms with Gasteiger partial charge in [-0.1, -0.05) is 0 Å². The molecule has 0 spiro atoms. The summed E-state index contributed by atoms with van der Waals surface area (Å²) in [6.07, 6.45) is 3.65. The van der Waals surface area contributed by atoms with Gasteiger partial charge in [0, 0.05) is 6.26 Å². The standard InChI is InChI=1S/C6H14O5S2/c1-12(7)10-5-3-4-6-11-13(2,8)9/h3-6H2,1-2H3. The van der Waals surface area contributed by atoms with E-state index in [-0.39, 0.29) is 6.61 Å². The molecule has 0 aromatic carbocycles. The van der Waals surface area contributed by atoms with Gasteiger partial charge in [-0.05, 0) is 12.8 Å². The fraction of sp³-hybridized carbons (Fsp3) is 1.00. The fourth-order valence-corrected chi connectivity index (χ4v) is 1.36. The lowest BCUT2D eigenvalue weighted by Gasteiger charge is -2.00. The summed E-state index contributed by atoms with van der Waals surface area (Å²) in [5, 5.41) is 0. The van der Waals surface area contributed by atoms with E-state index in [2.05, 4.69) is 4.18 Å². The predicted molar refractivity (Wildman–Crippen MR) is 50.0 cm³/mol. The largest absolute Gasteiger partial charge is 0.291 e. The zero-order valence-corrected chi connectivity index (χ0v) is 9.32. The van der Waals surface area contributed by atoms with Crippen LogP contribution in [-0.4, -0.2) is 38.4 Å². The van der Waals surface area contributed by atoms with E-state index in [1.165, 1.54) is 6.26 Å². The highest BCUT2D eigenvalue weighted by molar-refractivity contribution is 7.86. The van der Waals surface area contributed by atoms with Crippen molar-refractivity contribution in [3.05, 3.63) is 0 Å². The van der Waals surface area contributed by atoms with Crippen LogP contribution in [0.15, 0.2) is 0 Å². The van der Waals surface area contributed by atoms with Gasteiger partial charge in [-0.3, -0.25) is 8.37 Å². The molecular formula is C6H14O5S2. The summed E-state index contributed by atoms with van der Waals surface area (Å²) in [5.41, 5.74) is 0. The molecule has 0 fully saturated rings. The summed E-state index contributed by atoms with van der Waals surface area (Å²) in [6.45, 7) is 0.509. The van der Waals surface area contributed by atoms with Crippen molar-refractivity contribution in [1.29, 1.82) is 0 Å². The first kappa shape index (κ1) is 13.0. The highest BCUT2D eigenvalue weighted by Crippen LogP contribution is 1.95. The molecule has 5 nitrogen and oxygen atoms in total. The average Bonchev–Trinajstić information content (AvgIpc) is 1.93. The van der Waals surface area contributed by atoms with Gasteiger partial charge in [0.1, 0.15) is 0 Å². The molecule has 80 valence electrons. The molecule has 0 aliphatic rings. The first-order valence-electron chi connectivity index (χ1n) is 3.73. The SMILES string of the molecule is CS(=O)OCCCCOS(C)(=O)=O. The van der Waals surface area contributed by atoms with E-state index in [0.717, 1.165) is 6.26 Å². The van der Waals surface area contributed by atoms with Gasteiger partial charge in [-0.25, -0.2) is 4.21 Å². The number of hydrogen-bond donors (Lipinski definition) is 0. The molecule has 0 saturated carbocycles. The lowest BCUT2D eigenvalue weighted by Crippen LogP contribution is -2.05. The molecule has 7 heteroatoms. The van der Waals surface area contributed by atoms with Crippen molar-refractivity contribution < 1.29 is 21.0 Å². The molecule has 0 saturated heterocycles. The van der Waals surface area contributed by atoms with Crippen molar-refractivity contribution in [2.45, 2.75) is 12.8 Å². The molecule has 1 atom stereocenters. The lowest BCUT2D eigenvalue weighted by atomic mass is 10.3. The Morgan fingerprint density at radius 2 is 1.77 bits per heavy atom. The Labute approximate surface area is 81.2 Å². The van der Waals surface area contributed by atoms with Crippen LogP contribution >= 0.6 is 0 Å². The van der Waals surface area contributed by atoms with E-state index >= 15 is 0 Å². The van der Waals surface area contributed by atoms with Gasteiger partial charge in [0.15, 0.2) is 11.1 Å². The first-order valence-corrected chi connectivity index (χ1v) is 7.03. The highest BCUT2D eigenvalue weighted by Gasteiger charge is 2.00. The maximum Gasteiger partial charge on any atom is 0.264 e. The average molecular weight is 230 g/mol. The summed E-state index contributed by atoms with van der Waals surface area (Å²) in [7, 11) is -3.33. The minimum atomic E-state index is -3.33. The van der Waals surface area contributed by atoms with E-state index in [1.54, 1.807) is 0 Å². The van der Waals surface area contributed by atoms with Gasteiger partial charge in [-0.15, -0.1) is 0 Å². The predicted octanol–water partition coefficient (Wildman–Crippen LogP) is 0.0529. The maximum absolute atomic E-state index is 10.5. The number of rotatable bonds is 7. The molecule has 0 aliphatic carbocycles. The molecule has 1 unspecified atom stereocenters. The van der Waals surface area contributed by atoms with Gasteiger partial charge in [-0.2, -0.15) is 8.42 Å². The van der Waals surface area contributed by atoms with Crippen molar-refractivity contribution in [3.8, 4) is 0 Å². The third-order valence-corrected chi connectivity index (χ3v) is 2.18. The Morgan fingerprint density at radius 3 is 2.23 bits per heavy atom. The van der Waals surface area contributed by atoms with Crippen LogP contribution in [-0.2, 0) is 29.6 Å². The topological polar surface area (TPSA) is 69.7 Å². The van der Waals surface area contributed by atoms with Gasteiger partial charge in [0.05, 0.1) is 19.5 Å². The van der Waals surface area contributed by atoms with E-state index in [1.807, 2.05) is 0 Å². The Morgan fingerprint density at radius 1 is 1.23 bits per heavy atom. The highest BCUT2D eigenvalue weighted by atomic mass is 32.2. The van der Waals surface area contributed by atoms with Gasteiger partial charge in [0.2, 0.25) is 0 Å². The molecule has 0 aromatic rings. The van der Waals surface area contributed by atoms with Crippen LogP contribution in [0.25, 0.3) is 0 Å². The summed E-state index contributed by atoms with van der Waals surface area (Å²) in [4.78, 5) is 0. The van der Waals surface area contributed by atoms with Crippen molar-refractivity contribution in [2.24, 2.45) is 0 Å². The zero-order chi connectivity index (χ0) is 10.3. The molecule has 0 radical (unpaired) electrons. The number of hydrogen-bond acceptors (Lipinski definition) is 5. The molecule has 0 heterocycles. The van der Waals surface area contributed by atoms with E-state index < -0.39 is 21.2 Å². The van der Waals surface area contributed by atoms with Crippen LogP contribution in [0.2, 0.25) is 0 Å². The van der Waals surface area contributed by atoms with Crippen LogP contribution in [0.5, 0.6) is 0 Å². The summed E-state index contributed by atoms with van der Waals surface area (Å²) in [5.74, 6) is 0. The second-order valence-corrected chi connectivity index (χ2v) is 5.14. The molecule has 0 aromatic heterocycles. The third-order valence-electron chi connectivity index (χ3n) is 1.09. The monoisotopic (exact) mass is 230 g/mol. The Balaban J connectivity index is 3.23. The van der Waals surface area contributed by atoms with E-state index in [4.69, 9.17) is 4.18 Å². The van der Waals surface area contributed by atoms with Gasteiger partial charge < -0.3 is 0 Å². The van der Waals surface area contributed by atoms with Gasteiger partial charge >= 0.3 is 0 Å². The van der Waals surface area contributed by atoms with Crippen LogP contribution in [0.4, 0.5) is 0 Å².